The largest absolute Gasteiger partial charge is 0.294 e. The van der Waals surface area contributed by atoms with Gasteiger partial charge in [0.1, 0.15) is 0 Å². The number of benzene rings is 2. The summed E-state index contributed by atoms with van der Waals surface area (Å²) in [7, 11) is 0. The van der Waals surface area contributed by atoms with E-state index >= 15 is 0 Å². The number of hydrogen-bond donors (Lipinski definition) is 0. The van der Waals surface area contributed by atoms with Gasteiger partial charge in [-0.15, -0.1) is 0 Å². The minimum absolute atomic E-state index is 0.0688. The Morgan fingerprint density at radius 3 is 1.31 bits per heavy atom. The zero-order valence-electron chi connectivity index (χ0n) is 14.9. The van der Waals surface area contributed by atoms with E-state index in [4.69, 9.17) is 0 Å². The predicted molar refractivity (Wildman–Crippen MR) is 113 cm³/mol. The number of halogens is 2. The number of rotatable bonds is 4. The first-order valence-corrected chi connectivity index (χ1v) is 10.7. The summed E-state index contributed by atoms with van der Waals surface area (Å²) in [6, 6.07) is 15.3. The van der Waals surface area contributed by atoms with E-state index in [1.807, 2.05) is 62.4 Å². The average Bonchev–Trinajstić information content (AvgIpc) is 2.63. The summed E-state index contributed by atoms with van der Waals surface area (Å²) >= 11 is 7.36. The summed E-state index contributed by atoms with van der Waals surface area (Å²) in [6.45, 7) is 4.01. The van der Waals surface area contributed by atoms with Crippen molar-refractivity contribution >= 4 is 43.4 Å². The third kappa shape index (κ3) is 4.17. The summed E-state index contributed by atoms with van der Waals surface area (Å²) in [5.41, 5.74) is 3.62. The molecule has 0 N–H and O–H groups in total. The maximum atomic E-state index is 13.2. The van der Waals surface area contributed by atoms with Crippen molar-refractivity contribution in [1.82, 2.24) is 0 Å². The topological polar surface area (TPSA) is 34.1 Å². The van der Waals surface area contributed by atoms with E-state index < -0.39 is 0 Å². The van der Waals surface area contributed by atoms with E-state index in [9.17, 15) is 9.59 Å². The lowest BCUT2D eigenvalue weighted by molar-refractivity contribution is 0.0720. The average molecular weight is 478 g/mol. The molecule has 0 saturated heterocycles. The Kier molecular flexibility index (Phi) is 6.13. The van der Waals surface area contributed by atoms with E-state index in [1.54, 1.807) is 0 Å². The molecule has 0 bridgehead atoms. The number of ketones is 2. The van der Waals surface area contributed by atoms with Crippen LogP contribution in [0.4, 0.5) is 0 Å². The van der Waals surface area contributed by atoms with Gasteiger partial charge in [-0.25, -0.2) is 0 Å². The Balaban J connectivity index is 1.91. The van der Waals surface area contributed by atoms with Gasteiger partial charge in [-0.3, -0.25) is 9.59 Å². The number of alkyl halides is 2. The van der Waals surface area contributed by atoms with Crippen LogP contribution in [0.25, 0.3) is 0 Å². The first-order valence-electron chi connectivity index (χ1n) is 8.86. The van der Waals surface area contributed by atoms with Gasteiger partial charge in [0.15, 0.2) is 11.6 Å². The minimum Gasteiger partial charge on any atom is -0.294 e. The number of aryl methyl sites for hydroxylation is 2. The zero-order chi connectivity index (χ0) is 18.8. The minimum atomic E-state index is -0.301. The lowest BCUT2D eigenvalue weighted by Crippen LogP contribution is -2.40. The number of carbonyl (C=O) groups is 2. The summed E-state index contributed by atoms with van der Waals surface area (Å²) in [5, 5.41) is 0. The molecule has 0 aliphatic heterocycles. The van der Waals surface area contributed by atoms with Crippen LogP contribution in [-0.4, -0.2) is 21.2 Å². The first kappa shape index (κ1) is 19.5. The van der Waals surface area contributed by atoms with Crippen LogP contribution in [0.2, 0.25) is 0 Å². The van der Waals surface area contributed by atoms with Crippen LogP contribution in [-0.2, 0) is 0 Å². The highest BCUT2D eigenvalue weighted by atomic mass is 79.9. The van der Waals surface area contributed by atoms with Crippen LogP contribution >= 0.6 is 31.9 Å². The number of hydrogen-bond acceptors (Lipinski definition) is 2. The summed E-state index contributed by atoms with van der Waals surface area (Å²) in [6.07, 6.45) is 1.32. The molecule has 1 aliphatic rings. The van der Waals surface area contributed by atoms with Gasteiger partial charge in [0.2, 0.25) is 0 Å². The van der Waals surface area contributed by atoms with Gasteiger partial charge in [-0.1, -0.05) is 91.5 Å². The second kappa shape index (κ2) is 8.18. The predicted octanol–water partition coefficient (Wildman–Crippen LogP) is 5.92. The van der Waals surface area contributed by atoms with Crippen molar-refractivity contribution in [1.29, 1.82) is 0 Å². The Hall–Kier alpha value is -1.26. The lowest BCUT2D eigenvalue weighted by atomic mass is 9.72. The van der Waals surface area contributed by atoms with Crippen LogP contribution in [0, 0.1) is 25.7 Å². The van der Waals surface area contributed by atoms with Gasteiger partial charge in [-0.05, 0) is 26.7 Å². The fourth-order valence-corrected chi connectivity index (χ4v) is 4.79. The highest BCUT2D eigenvalue weighted by Crippen LogP contribution is 2.40. The number of Topliss-reactive ketones (excluding diaryl/α,β-unsaturated/α-hetero) is 2. The van der Waals surface area contributed by atoms with Crippen molar-refractivity contribution in [3.63, 3.8) is 0 Å². The molecule has 1 aliphatic carbocycles. The Morgan fingerprint density at radius 1 is 0.692 bits per heavy atom. The van der Waals surface area contributed by atoms with E-state index in [0.717, 1.165) is 11.1 Å². The van der Waals surface area contributed by atoms with Gasteiger partial charge in [0.05, 0.1) is 0 Å². The zero-order valence-corrected chi connectivity index (χ0v) is 18.1. The van der Waals surface area contributed by atoms with Gasteiger partial charge in [0.25, 0.3) is 0 Å². The van der Waals surface area contributed by atoms with Crippen LogP contribution in [0.15, 0.2) is 48.5 Å². The molecular weight excluding hydrogens is 456 g/mol. The first-order chi connectivity index (χ1) is 12.4. The molecule has 2 nitrogen and oxygen atoms in total. The summed E-state index contributed by atoms with van der Waals surface area (Å²) in [5.74, 6) is -0.465. The fourth-order valence-electron chi connectivity index (χ4n) is 3.55. The Labute approximate surface area is 171 Å². The second-order valence-corrected chi connectivity index (χ2v) is 9.53. The van der Waals surface area contributed by atoms with Gasteiger partial charge >= 0.3 is 0 Å². The molecule has 1 fully saturated rings. The van der Waals surface area contributed by atoms with Crippen molar-refractivity contribution < 1.29 is 9.59 Å². The Morgan fingerprint density at radius 2 is 1.00 bits per heavy atom. The molecule has 0 aromatic heterocycles. The highest BCUT2D eigenvalue weighted by Gasteiger charge is 2.42. The monoisotopic (exact) mass is 476 g/mol. The second-order valence-electron chi connectivity index (χ2n) is 7.18. The molecule has 0 unspecified atom stereocenters. The molecule has 1 saturated carbocycles. The maximum Gasteiger partial charge on any atom is 0.166 e. The number of carbonyl (C=O) groups excluding carboxylic acids is 2. The van der Waals surface area contributed by atoms with Gasteiger partial charge < -0.3 is 0 Å². The smallest absolute Gasteiger partial charge is 0.166 e. The SMILES string of the molecule is Cc1ccc(C(=O)[C@H]2C[C@@H](Br)[C@H](Br)C[C@H]2C(=O)c2ccc(C)cc2)cc1. The van der Waals surface area contributed by atoms with Crippen molar-refractivity contribution in [3.8, 4) is 0 Å². The summed E-state index contributed by atoms with van der Waals surface area (Å²) < 4.78 is 0. The normalized spacial score (nSPS) is 25.7. The van der Waals surface area contributed by atoms with Crippen LogP contribution in [0.3, 0.4) is 0 Å². The molecule has 26 heavy (non-hydrogen) atoms. The molecule has 2 aromatic carbocycles. The molecular formula is C22H22Br2O2. The van der Waals surface area contributed by atoms with Crippen molar-refractivity contribution in [2.24, 2.45) is 11.8 Å². The van der Waals surface area contributed by atoms with Crippen molar-refractivity contribution in [2.75, 3.05) is 0 Å². The molecule has 2 aromatic rings. The quantitative estimate of drug-likeness (QED) is 0.404. The molecule has 0 amide bonds. The van der Waals surface area contributed by atoms with E-state index in [1.165, 1.54) is 0 Å². The molecule has 0 spiro atoms. The van der Waals surface area contributed by atoms with Crippen LogP contribution in [0.1, 0.15) is 44.7 Å². The molecule has 136 valence electrons. The fraction of sp³-hybridized carbons (Fsp3) is 0.364. The van der Waals surface area contributed by atoms with Crippen molar-refractivity contribution in [3.05, 3.63) is 70.8 Å². The molecule has 4 atom stereocenters. The molecule has 4 heteroatoms. The lowest BCUT2D eigenvalue weighted by Gasteiger charge is -2.35. The maximum absolute atomic E-state index is 13.2. The van der Waals surface area contributed by atoms with Gasteiger partial charge in [-0.2, -0.15) is 0 Å². The van der Waals surface area contributed by atoms with E-state index in [0.29, 0.717) is 24.0 Å². The molecule has 0 heterocycles. The summed E-state index contributed by atoms with van der Waals surface area (Å²) in [4.78, 5) is 26.7. The van der Waals surface area contributed by atoms with Crippen molar-refractivity contribution in [2.45, 2.75) is 36.3 Å². The molecule has 3 rings (SSSR count). The van der Waals surface area contributed by atoms with Crippen LogP contribution in [0.5, 0.6) is 0 Å². The Bertz CT molecular complexity index is 726. The molecule has 0 radical (unpaired) electrons. The third-order valence-corrected chi connectivity index (χ3v) is 7.92. The van der Waals surface area contributed by atoms with E-state index in [-0.39, 0.29) is 33.1 Å². The highest BCUT2D eigenvalue weighted by molar-refractivity contribution is 9.12. The standard InChI is InChI=1S/C22H22Br2O2/c1-13-3-7-15(8-4-13)21(25)17-11-19(23)20(24)12-18(17)22(26)16-9-5-14(2)6-10-16/h3-10,17-20H,11-12H2,1-2H3/t17-,18+,19-,20-/m1/s1. The third-order valence-electron chi connectivity index (χ3n) is 5.18. The van der Waals surface area contributed by atoms with Gasteiger partial charge in [0, 0.05) is 32.6 Å². The van der Waals surface area contributed by atoms with Crippen LogP contribution < -0.4 is 0 Å². The van der Waals surface area contributed by atoms with E-state index in [2.05, 4.69) is 31.9 Å².